The molecule has 0 unspecified atom stereocenters. The first kappa shape index (κ1) is 14.8. The maximum Gasteiger partial charge on any atom is 0.315 e. The number of morpholine rings is 1. The Labute approximate surface area is 120 Å². The summed E-state index contributed by atoms with van der Waals surface area (Å²) in [6.45, 7) is 5.94. The SMILES string of the molecule is O=C(NCCCN1CCOCC1)NCc1ccccc1. The lowest BCUT2D eigenvalue weighted by Crippen LogP contribution is -2.39. The molecule has 0 atom stereocenters. The molecule has 1 saturated heterocycles. The van der Waals surface area contributed by atoms with E-state index in [-0.39, 0.29) is 6.03 Å². The molecule has 1 aliphatic heterocycles. The monoisotopic (exact) mass is 277 g/mol. The summed E-state index contributed by atoms with van der Waals surface area (Å²) in [5.74, 6) is 0. The molecule has 1 heterocycles. The molecule has 1 fully saturated rings. The van der Waals surface area contributed by atoms with E-state index in [1.807, 2.05) is 30.3 Å². The van der Waals surface area contributed by atoms with E-state index in [2.05, 4.69) is 15.5 Å². The smallest absolute Gasteiger partial charge is 0.315 e. The molecule has 2 rings (SSSR count). The summed E-state index contributed by atoms with van der Waals surface area (Å²) in [6, 6.07) is 9.80. The molecular formula is C15H23N3O2. The molecule has 2 N–H and O–H groups in total. The number of nitrogens with one attached hydrogen (secondary N) is 2. The van der Waals surface area contributed by atoms with Crippen molar-refractivity contribution in [1.29, 1.82) is 0 Å². The van der Waals surface area contributed by atoms with Crippen molar-refractivity contribution in [2.45, 2.75) is 13.0 Å². The molecule has 0 bridgehead atoms. The second-order valence-corrected chi connectivity index (χ2v) is 4.90. The summed E-state index contributed by atoms with van der Waals surface area (Å²) >= 11 is 0. The molecule has 5 nitrogen and oxygen atoms in total. The molecule has 20 heavy (non-hydrogen) atoms. The van der Waals surface area contributed by atoms with E-state index in [1.165, 1.54) is 0 Å². The van der Waals surface area contributed by atoms with Crippen molar-refractivity contribution >= 4 is 6.03 Å². The van der Waals surface area contributed by atoms with Crippen LogP contribution in [0.3, 0.4) is 0 Å². The van der Waals surface area contributed by atoms with Crippen molar-refractivity contribution in [3.63, 3.8) is 0 Å². The number of rotatable bonds is 6. The molecule has 0 radical (unpaired) electrons. The summed E-state index contributed by atoms with van der Waals surface area (Å²) in [4.78, 5) is 14.0. The number of benzene rings is 1. The summed E-state index contributed by atoms with van der Waals surface area (Å²) < 4.78 is 5.30. The van der Waals surface area contributed by atoms with Gasteiger partial charge in [0.1, 0.15) is 0 Å². The molecule has 1 aliphatic rings. The number of ether oxygens (including phenoxy) is 1. The van der Waals surface area contributed by atoms with Crippen molar-refractivity contribution in [3.05, 3.63) is 35.9 Å². The standard InChI is InChI=1S/C15H23N3O2/c19-15(17-13-14-5-2-1-3-6-14)16-7-4-8-18-9-11-20-12-10-18/h1-3,5-6H,4,7-13H2,(H2,16,17,19). The van der Waals surface area contributed by atoms with E-state index in [0.29, 0.717) is 13.1 Å². The van der Waals surface area contributed by atoms with E-state index in [1.54, 1.807) is 0 Å². The van der Waals surface area contributed by atoms with Crippen LogP contribution in [0.25, 0.3) is 0 Å². The molecule has 0 aliphatic carbocycles. The molecule has 5 heteroatoms. The van der Waals surface area contributed by atoms with Crippen LogP contribution in [0.4, 0.5) is 4.79 Å². The predicted molar refractivity (Wildman–Crippen MR) is 78.6 cm³/mol. The summed E-state index contributed by atoms with van der Waals surface area (Å²) in [7, 11) is 0. The molecule has 0 saturated carbocycles. The van der Waals surface area contributed by atoms with Crippen molar-refractivity contribution in [2.24, 2.45) is 0 Å². The van der Waals surface area contributed by atoms with Gasteiger partial charge in [-0.15, -0.1) is 0 Å². The summed E-state index contributed by atoms with van der Waals surface area (Å²) in [5.41, 5.74) is 1.11. The zero-order chi connectivity index (χ0) is 14.0. The number of hydrogen-bond donors (Lipinski definition) is 2. The highest BCUT2D eigenvalue weighted by Gasteiger charge is 2.09. The van der Waals surface area contributed by atoms with Gasteiger partial charge < -0.3 is 15.4 Å². The number of urea groups is 1. The number of nitrogens with zero attached hydrogens (tertiary/aromatic N) is 1. The van der Waals surface area contributed by atoms with E-state index < -0.39 is 0 Å². The van der Waals surface area contributed by atoms with Crippen molar-refractivity contribution in [3.8, 4) is 0 Å². The third-order valence-corrected chi connectivity index (χ3v) is 3.34. The van der Waals surface area contributed by atoms with Crippen LogP contribution in [0.5, 0.6) is 0 Å². The molecular weight excluding hydrogens is 254 g/mol. The van der Waals surface area contributed by atoms with Gasteiger partial charge in [0.2, 0.25) is 0 Å². The van der Waals surface area contributed by atoms with Gasteiger partial charge in [0.25, 0.3) is 0 Å². The van der Waals surface area contributed by atoms with E-state index in [4.69, 9.17) is 4.74 Å². The Morgan fingerprint density at radius 1 is 1.15 bits per heavy atom. The minimum atomic E-state index is -0.101. The van der Waals surface area contributed by atoms with Gasteiger partial charge >= 0.3 is 6.03 Å². The lowest BCUT2D eigenvalue weighted by atomic mass is 10.2. The highest BCUT2D eigenvalue weighted by molar-refractivity contribution is 5.73. The Morgan fingerprint density at radius 3 is 2.65 bits per heavy atom. The number of hydrogen-bond acceptors (Lipinski definition) is 3. The Hall–Kier alpha value is -1.59. The second kappa shape index (κ2) is 8.55. The number of amides is 2. The van der Waals surface area contributed by atoms with E-state index >= 15 is 0 Å². The van der Waals surface area contributed by atoms with Crippen LogP contribution >= 0.6 is 0 Å². The van der Waals surface area contributed by atoms with Gasteiger partial charge in [0.15, 0.2) is 0 Å². The first-order valence-corrected chi connectivity index (χ1v) is 7.20. The first-order chi connectivity index (χ1) is 9.84. The molecule has 1 aromatic carbocycles. The average molecular weight is 277 g/mol. The van der Waals surface area contributed by atoms with Gasteiger partial charge in [-0.2, -0.15) is 0 Å². The maximum absolute atomic E-state index is 11.6. The van der Waals surface area contributed by atoms with Gasteiger partial charge in [-0.25, -0.2) is 4.79 Å². The highest BCUT2D eigenvalue weighted by Crippen LogP contribution is 1.98. The van der Waals surface area contributed by atoms with Crippen LogP contribution in [0, 0.1) is 0 Å². The van der Waals surface area contributed by atoms with Crippen LogP contribution in [-0.4, -0.2) is 50.3 Å². The molecule has 0 aromatic heterocycles. The summed E-state index contributed by atoms with van der Waals surface area (Å²) in [6.07, 6.45) is 0.971. The van der Waals surface area contributed by atoms with E-state index in [0.717, 1.165) is 44.8 Å². The van der Waals surface area contributed by atoms with Crippen molar-refractivity contribution in [1.82, 2.24) is 15.5 Å². The molecule has 1 aromatic rings. The van der Waals surface area contributed by atoms with Gasteiger partial charge in [-0.3, -0.25) is 4.90 Å². The maximum atomic E-state index is 11.6. The van der Waals surface area contributed by atoms with E-state index in [9.17, 15) is 4.79 Å². The molecule has 2 amide bonds. The molecule has 110 valence electrons. The topological polar surface area (TPSA) is 53.6 Å². The van der Waals surface area contributed by atoms with Crippen LogP contribution in [-0.2, 0) is 11.3 Å². The Bertz CT molecular complexity index is 391. The van der Waals surface area contributed by atoms with Gasteiger partial charge in [0, 0.05) is 26.2 Å². The van der Waals surface area contributed by atoms with Gasteiger partial charge in [-0.1, -0.05) is 30.3 Å². The summed E-state index contributed by atoms with van der Waals surface area (Å²) in [5, 5.41) is 5.74. The van der Waals surface area contributed by atoms with Crippen LogP contribution < -0.4 is 10.6 Å². The van der Waals surface area contributed by atoms with Gasteiger partial charge in [-0.05, 0) is 18.5 Å². The Kier molecular flexibility index (Phi) is 6.34. The fourth-order valence-electron chi connectivity index (χ4n) is 2.17. The third-order valence-electron chi connectivity index (χ3n) is 3.34. The zero-order valence-electron chi connectivity index (χ0n) is 11.8. The lowest BCUT2D eigenvalue weighted by Gasteiger charge is -2.26. The van der Waals surface area contributed by atoms with Gasteiger partial charge in [0.05, 0.1) is 13.2 Å². The zero-order valence-corrected chi connectivity index (χ0v) is 11.8. The number of carbonyl (C=O) groups is 1. The fraction of sp³-hybridized carbons (Fsp3) is 0.533. The normalized spacial score (nSPS) is 15.8. The third kappa shape index (κ3) is 5.59. The van der Waals surface area contributed by atoms with Crippen LogP contribution in [0.1, 0.15) is 12.0 Å². The van der Waals surface area contributed by atoms with Crippen molar-refractivity contribution in [2.75, 3.05) is 39.4 Å². The largest absolute Gasteiger partial charge is 0.379 e. The Morgan fingerprint density at radius 2 is 1.90 bits per heavy atom. The fourth-order valence-corrected chi connectivity index (χ4v) is 2.17. The average Bonchev–Trinajstić information content (AvgIpc) is 2.52. The second-order valence-electron chi connectivity index (χ2n) is 4.90. The Balaban J connectivity index is 1.51. The van der Waals surface area contributed by atoms with Crippen LogP contribution in [0.15, 0.2) is 30.3 Å². The van der Waals surface area contributed by atoms with Crippen molar-refractivity contribution < 1.29 is 9.53 Å². The van der Waals surface area contributed by atoms with Crippen LogP contribution in [0.2, 0.25) is 0 Å². The minimum Gasteiger partial charge on any atom is -0.379 e. The minimum absolute atomic E-state index is 0.101. The first-order valence-electron chi connectivity index (χ1n) is 7.20. The quantitative estimate of drug-likeness (QED) is 0.769. The molecule has 0 spiro atoms. The number of carbonyl (C=O) groups excluding carboxylic acids is 1. The predicted octanol–water partition coefficient (Wildman–Crippen LogP) is 1.21. The highest BCUT2D eigenvalue weighted by atomic mass is 16.5. The lowest BCUT2D eigenvalue weighted by molar-refractivity contribution is 0.0375.